The Morgan fingerprint density at radius 2 is 1.36 bits per heavy atom. The van der Waals surface area contributed by atoms with Crippen LogP contribution in [0, 0.1) is 46.3 Å². The van der Waals surface area contributed by atoms with E-state index in [0.717, 1.165) is 44.9 Å². The van der Waals surface area contributed by atoms with E-state index in [4.69, 9.17) is 18.9 Å². The zero-order chi connectivity index (χ0) is 28.7. The predicted octanol–water partition coefficient (Wildman–Crippen LogP) is 5.25. The van der Waals surface area contributed by atoms with Crippen LogP contribution in [0.5, 0.6) is 0 Å². The Bertz CT molecular complexity index is 962. The average Bonchev–Trinajstić information content (AvgIpc) is 3.21. The van der Waals surface area contributed by atoms with E-state index in [1.165, 1.54) is 27.9 Å². The van der Waals surface area contributed by atoms with Gasteiger partial charge < -0.3 is 18.9 Å². The first-order chi connectivity index (χ1) is 18.3. The van der Waals surface area contributed by atoms with Crippen molar-refractivity contribution in [1.82, 2.24) is 0 Å². The van der Waals surface area contributed by atoms with E-state index in [1.807, 2.05) is 0 Å². The summed E-state index contributed by atoms with van der Waals surface area (Å²) < 4.78 is 22.7. The van der Waals surface area contributed by atoms with Gasteiger partial charge in [0.25, 0.3) is 0 Å². The van der Waals surface area contributed by atoms with Crippen LogP contribution in [0.2, 0.25) is 0 Å². The maximum absolute atomic E-state index is 12.5. The first-order valence-electron chi connectivity index (χ1n) is 14.9. The van der Waals surface area contributed by atoms with E-state index in [1.54, 1.807) is 0 Å². The number of ether oxygens (including phenoxy) is 4. The molecule has 8 nitrogen and oxygen atoms in total. The molecular weight excluding hydrogens is 500 g/mol. The topological polar surface area (TPSA) is 105 Å². The molecule has 4 rings (SSSR count). The number of esters is 4. The lowest BCUT2D eigenvalue weighted by Gasteiger charge is -2.64. The smallest absolute Gasteiger partial charge is 0.305 e. The molecule has 0 N–H and O–H groups in total. The van der Waals surface area contributed by atoms with Crippen LogP contribution >= 0.6 is 0 Å². The second kappa shape index (κ2) is 11.4. The summed E-state index contributed by atoms with van der Waals surface area (Å²) in [6.07, 6.45) is 6.38. The number of carbonyl (C=O) groups excluding carboxylic acids is 4. The standard InChI is InChI=1S/C31H48O8/c1-17(8-11-26(35)36-7)22-9-10-23-27-24(13-15-30(22,23)5)31(6)14-12-21(37-18(2)32)16-25(31)28(38-19(3)33)29(27)39-20(4)34/h17,21-25,27-29H,8-16H2,1-7H3/t17-,21-,22?,23?,24?,25?,27?,28+,29-,30-,31-/m1/s1. The second-order valence-corrected chi connectivity index (χ2v) is 13.4. The maximum atomic E-state index is 12.5. The van der Waals surface area contributed by atoms with Gasteiger partial charge in [-0.05, 0) is 85.9 Å². The lowest BCUT2D eigenvalue weighted by Crippen LogP contribution is -2.65. The summed E-state index contributed by atoms with van der Waals surface area (Å²) in [7, 11) is 1.44. The summed E-state index contributed by atoms with van der Waals surface area (Å²) in [6.45, 7) is 11.3. The second-order valence-electron chi connectivity index (χ2n) is 13.4. The molecule has 39 heavy (non-hydrogen) atoms. The van der Waals surface area contributed by atoms with Crippen LogP contribution in [0.25, 0.3) is 0 Å². The summed E-state index contributed by atoms with van der Waals surface area (Å²) >= 11 is 0. The van der Waals surface area contributed by atoms with Gasteiger partial charge in [0.05, 0.1) is 7.11 Å². The lowest BCUT2D eigenvalue weighted by molar-refractivity contribution is -0.242. The van der Waals surface area contributed by atoms with Gasteiger partial charge in [-0.15, -0.1) is 0 Å². The molecule has 0 aromatic heterocycles. The molecule has 0 amide bonds. The Kier molecular flexibility index (Phi) is 8.73. The van der Waals surface area contributed by atoms with Crippen LogP contribution in [0.1, 0.15) is 99.3 Å². The third-order valence-corrected chi connectivity index (χ3v) is 11.4. The van der Waals surface area contributed by atoms with Gasteiger partial charge >= 0.3 is 23.9 Å². The van der Waals surface area contributed by atoms with Gasteiger partial charge in [0.1, 0.15) is 18.3 Å². The fourth-order valence-electron chi connectivity index (χ4n) is 9.81. The third-order valence-electron chi connectivity index (χ3n) is 11.4. The largest absolute Gasteiger partial charge is 0.469 e. The minimum atomic E-state index is -0.575. The van der Waals surface area contributed by atoms with Crippen LogP contribution in [0.3, 0.4) is 0 Å². The molecule has 0 spiro atoms. The number of hydrogen-bond acceptors (Lipinski definition) is 8. The molecule has 0 aliphatic heterocycles. The number of fused-ring (bicyclic) bond motifs is 5. The van der Waals surface area contributed by atoms with E-state index in [2.05, 4.69) is 20.8 Å². The SMILES string of the molecule is COC(=O)CC[C@@H](C)C1CCC2C3C(CC[C@@]21C)[C@@]1(C)CC[C@@H](OC(C)=O)CC1[C@H](OC(C)=O)[C@@H]3OC(C)=O. The number of hydrogen-bond donors (Lipinski definition) is 0. The van der Waals surface area contributed by atoms with Gasteiger partial charge in [0, 0.05) is 39.0 Å². The average molecular weight is 549 g/mol. The van der Waals surface area contributed by atoms with E-state index in [-0.39, 0.29) is 52.6 Å². The Morgan fingerprint density at radius 1 is 0.769 bits per heavy atom. The summed E-state index contributed by atoms with van der Waals surface area (Å²) in [6, 6.07) is 0. The first kappa shape index (κ1) is 29.9. The molecule has 4 aliphatic carbocycles. The molecule has 8 heteroatoms. The molecule has 0 bridgehead atoms. The molecular formula is C31H48O8. The van der Waals surface area contributed by atoms with Crippen LogP contribution in [-0.4, -0.2) is 49.3 Å². The van der Waals surface area contributed by atoms with Crippen molar-refractivity contribution in [3.05, 3.63) is 0 Å². The lowest BCUT2D eigenvalue weighted by atomic mass is 9.43. The first-order valence-corrected chi connectivity index (χ1v) is 14.9. The molecule has 4 aliphatic rings. The minimum Gasteiger partial charge on any atom is -0.469 e. The summed E-state index contributed by atoms with van der Waals surface area (Å²) in [5.74, 6) is 0.289. The summed E-state index contributed by atoms with van der Waals surface area (Å²) in [5, 5.41) is 0. The fraction of sp³-hybridized carbons (Fsp3) is 0.871. The van der Waals surface area contributed by atoms with Crippen LogP contribution in [-0.2, 0) is 38.1 Å². The zero-order valence-corrected chi connectivity index (χ0v) is 24.8. The maximum Gasteiger partial charge on any atom is 0.305 e. The van der Waals surface area contributed by atoms with Crippen molar-refractivity contribution in [3.63, 3.8) is 0 Å². The highest BCUT2D eigenvalue weighted by atomic mass is 16.6. The molecule has 4 fully saturated rings. The Morgan fingerprint density at radius 3 is 1.97 bits per heavy atom. The van der Waals surface area contributed by atoms with Gasteiger partial charge in [0.15, 0.2) is 0 Å². The fourth-order valence-corrected chi connectivity index (χ4v) is 9.81. The van der Waals surface area contributed by atoms with Gasteiger partial charge in [-0.25, -0.2) is 0 Å². The van der Waals surface area contributed by atoms with Crippen LogP contribution in [0.15, 0.2) is 0 Å². The highest BCUT2D eigenvalue weighted by Crippen LogP contribution is 2.69. The van der Waals surface area contributed by atoms with Crippen molar-refractivity contribution in [3.8, 4) is 0 Å². The molecule has 0 aromatic carbocycles. The van der Waals surface area contributed by atoms with Crippen molar-refractivity contribution in [1.29, 1.82) is 0 Å². The van der Waals surface area contributed by atoms with Crippen molar-refractivity contribution >= 4 is 23.9 Å². The van der Waals surface area contributed by atoms with Crippen molar-refractivity contribution < 1.29 is 38.1 Å². The van der Waals surface area contributed by atoms with Crippen molar-refractivity contribution in [2.75, 3.05) is 7.11 Å². The molecule has 0 saturated heterocycles. The zero-order valence-electron chi connectivity index (χ0n) is 24.8. The normalized spacial score (nSPS) is 41.7. The highest BCUT2D eigenvalue weighted by Gasteiger charge is 2.67. The Labute approximate surface area is 233 Å². The minimum absolute atomic E-state index is 0.0496. The summed E-state index contributed by atoms with van der Waals surface area (Å²) in [5.41, 5.74) is -0.0674. The molecule has 11 atom stereocenters. The molecule has 220 valence electrons. The molecule has 4 saturated carbocycles. The van der Waals surface area contributed by atoms with Crippen LogP contribution < -0.4 is 0 Å². The van der Waals surface area contributed by atoms with E-state index in [9.17, 15) is 19.2 Å². The molecule has 5 unspecified atom stereocenters. The Balaban J connectivity index is 1.69. The van der Waals surface area contributed by atoms with Gasteiger partial charge in [-0.1, -0.05) is 20.8 Å². The molecule has 0 heterocycles. The molecule has 0 aromatic rings. The van der Waals surface area contributed by atoms with Gasteiger partial charge in [-0.3, -0.25) is 19.2 Å². The summed E-state index contributed by atoms with van der Waals surface area (Å²) in [4.78, 5) is 48.6. The predicted molar refractivity (Wildman–Crippen MR) is 143 cm³/mol. The van der Waals surface area contributed by atoms with Crippen molar-refractivity contribution in [2.24, 2.45) is 46.3 Å². The number of carbonyl (C=O) groups is 4. The third kappa shape index (κ3) is 5.58. The van der Waals surface area contributed by atoms with E-state index < -0.39 is 12.2 Å². The van der Waals surface area contributed by atoms with Crippen molar-refractivity contribution in [2.45, 2.75) is 118 Å². The Hall–Kier alpha value is -2.12. The quantitative estimate of drug-likeness (QED) is 0.314. The number of methoxy groups -OCH3 is 1. The monoisotopic (exact) mass is 548 g/mol. The molecule has 0 radical (unpaired) electrons. The van der Waals surface area contributed by atoms with E-state index in [0.29, 0.717) is 36.5 Å². The van der Waals surface area contributed by atoms with E-state index >= 15 is 0 Å². The number of rotatable bonds is 7. The van der Waals surface area contributed by atoms with Gasteiger partial charge in [-0.2, -0.15) is 0 Å². The van der Waals surface area contributed by atoms with Gasteiger partial charge in [0.2, 0.25) is 0 Å². The highest BCUT2D eigenvalue weighted by molar-refractivity contribution is 5.69. The van der Waals surface area contributed by atoms with Crippen LogP contribution in [0.4, 0.5) is 0 Å².